The summed E-state index contributed by atoms with van der Waals surface area (Å²) in [6.07, 6.45) is 0.843. The second-order valence-corrected chi connectivity index (χ2v) is 7.08. The largest absolute Gasteiger partial charge is 0.465 e. The average Bonchev–Trinajstić information content (AvgIpc) is 3.14. The van der Waals surface area contributed by atoms with Crippen molar-refractivity contribution in [1.29, 1.82) is 0 Å². The molecular weight excluding hydrogens is 479 g/mol. The van der Waals surface area contributed by atoms with Gasteiger partial charge in [-0.15, -0.1) is 35.3 Å². The summed E-state index contributed by atoms with van der Waals surface area (Å²) in [6, 6.07) is 1.68. The van der Waals surface area contributed by atoms with Crippen LogP contribution in [0.5, 0.6) is 0 Å². The zero-order chi connectivity index (χ0) is 19.1. The number of nitrogens with one attached hydrogen (secondary N) is 2. The zero-order valence-corrected chi connectivity index (χ0v) is 19.5. The molecule has 0 unspecified atom stereocenters. The Kier molecular flexibility index (Phi) is 9.78. The minimum absolute atomic E-state index is 0. The average molecular weight is 506 g/mol. The third kappa shape index (κ3) is 6.80. The van der Waals surface area contributed by atoms with Crippen LogP contribution in [0.25, 0.3) is 0 Å². The topological polar surface area (TPSA) is 88.8 Å². The first-order chi connectivity index (χ1) is 12.4. The van der Waals surface area contributed by atoms with Gasteiger partial charge >= 0.3 is 5.97 Å². The molecule has 0 radical (unpaired) electrons. The third-order valence-electron chi connectivity index (χ3n) is 3.82. The van der Waals surface area contributed by atoms with E-state index in [4.69, 9.17) is 9.15 Å². The van der Waals surface area contributed by atoms with Gasteiger partial charge in [0.15, 0.2) is 5.96 Å². The van der Waals surface area contributed by atoms with Gasteiger partial charge in [0, 0.05) is 24.4 Å². The van der Waals surface area contributed by atoms with Gasteiger partial charge in [-0.1, -0.05) is 0 Å². The molecule has 0 aliphatic carbocycles. The number of guanidine groups is 1. The number of aromatic nitrogens is 1. The van der Waals surface area contributed by atoms with Gasteiger partial charge < -0.3 is 19.8 Å². The van der Waals surface area contributed by atoms with E-state index in [2.05, 4.69) is 27.5 Å². The van der Waals surface area contributed by atoms with E-state index in [1.807, 2.05) is 13.8 Å². The van der Waals surface area contributed by atoms with Gasteiger partial charge in [-0.2, -0.15) is 0 Å². The summed E-state index contributed by atoms with van der Waals surface area (Å²) < 4.78 is 10.3. The van der Waals surface area contributed by atoms with Gasteiger partial charge in [0.25, 0.3) is 0 Å². The lowest BCUT2D eigenvalue weighted by atomic mass is 10.2. The third-order valence-corrected chi connectivity index (χ3v) is 4.95. The van der Waals surface area contributed by atoms with Crippen molar-refractivity contribution in [2.75, 3.05) is 20.2 Å². The molecule has 0 saturated carbocycles. The highest BCUT2D eigenvalue weighted by Gasteiger charge is 2.15. The van der Waals surface area contributed by atoms with E-state index in [0.717, 1.165) is 30.2 Å². The van der Waals surface area contributed by atoms with Crippen LogP contribution in [0.3, 0.4) is 0 Å². The number of halogens is 1. The number of carbonyl (C=O) groups excluding carboxylic acids is 1. The molecule has 0 spiro atoms. The number of hydrogen-bond donors (Lipinski definition) is 2. The van der Waals surface area contributed by atoms with E-state index in [-0.39, 0.29) is 24.0 Å². The Morgan fingerprint density at radius 2 is 2.07 bits per heavy atom. The Bertz CT molecular complexity index is 766. The van der Waals surface area contributed by atoms with Gasteiger partial charge in [0.05, 0.1) is 17.8 Å². The molecule has 0 aromatic carbocycles. The van der Waals surface area contributed by atoms with Crippen molar-refractivity contribution in [2.24, 2.45) is 4.99 Å². The first kappa shape index (κ1) is 23.4. The highest BCUT2D eigenvalue weighted by molar-refractivity contribution is 14.0. The maximum atomic E-state index is 11.6. The Labute approximate surface area is 181 Å². The summed E-state index contributed by atoms with van der Waals surface area (Å²) in [6.45, 7) is 9.70. The van der Waals surface area contributed by atoms with Gasteiger partial charge in [-0.25, -0.2) is 14.8 Å². The molecular formula is C18H27IN4O3S. The van der Waals surface area contributed by atoms with Crippen molar-refractivity contribution in [2.45, 2.75) is 40.7 Å². The van der Waals surface area contributed by atoms with E-state index >= 15 is 0 Å². The first-order valence-corrected chi connectivity index (χ1v) is 9.39. The van der Waals surface area contributed by atoms with E-state index in [1.165, 1.54) is 12.0 Å². The summed E-state index contributed by atoms with van der Waals surface area (Å²) in [5, 5.41) is 7.61. The van der Waals surface area contributed by atoms with Crippen molar-refractivity contribution in [3.8, 4) is 0 Å². The number of esters is 1. The van der Waals surface area contributed by atoms with Crippen molar-refractivity contribution < 1.29 is 13.9 Å². The summed E-state index contributed by atoms with van der Waals surface area (Å²) in [5.41, 5.74) is 1.53. The molecule has 2 rings (SSSR count). The van der Waals surface area contributed by atoms with Crippen LogP contribution in [0.2, 0.25) is 0 Å². The van der Waals surface area contributed by atoms with Crippen molar-refractivity contribution in [3.63, 3.8) is 0 Å². The number of furan rings is 1. The van der Waals surface area contributed by atoms with Crippen molar-refractivity contribution in [3.05, 3.63) is 38.7 Å². The molecule has 0 amide bonds. The molecule has 0 fully saturated rings. The number of aryl methyl sites for hydroxylation is 3. The number of ether oxygens (including phenoxy) is 1. The SMILES string of the molecule is CCNC(=NCc1cc(C(=O)OC)c(C)o1)NCCc1nc(C)c(C)s1.I. The number of rotatable bonds is 7. The van der Waals surface area contributed by atoms with Crippen LogP contribution >= 0.6 is 35.3 Å². The Balaban J connectivity index is 0.00000364. The Morgan fingerprint density at radius 1 is 1.33 bits per heavy atom. The number of nitrogens with zero attached hydrogens (tertiary/aromatic N) is 2. The molecule has 9 heteroatoms. The Morgan fingerprint density at radius 3 is 2.67 bits per heavy atom. The van der Waals surface area contributed by atoms with E-state index in [1.54, 1.807) is 24.3 Å². The molecule has 2 heterocycles. The molecule has 2 aromatic rings. The molecule has 0 aliphatic rings. The van der Waals surface area contributed by atoms with Crippen LogP contribution < -0.4 is 10.6 Å². The molecule has 0 atom stereocenters. The minimum Gasteiger partial charge on any atom is -0.465 e. The van der Waals surface area contributed by atoms with Gasteiger partial charge in [-0.05, 0) is 33.8 Å². The normalized spacial score (nSPS) is 11.1. The lowest BCUT2D eigenvalue weighted by molar-refractivity contribution is 0.0599. The lowest BCUT2D eigenvalue weighted by Gasteiger charge is -2.10. The minimum atomic E-state index is -0.402. The van der Waals surface area contributed by atoms with Crippen LogP contribution in [-0.2, 0) is 17.7 Å². The number of methoxy groups -OCH3 is 1. The molecule has 27 heavy (non-hydrogen) atoms. The van der Waals surface area contributed by atoms with Gasteiger partial charge in [-0.3, -0.25) is 0 Å². The Hall–Kier alpha value is -1.62. The van der Waals surface area contributed by atoms with Crippen molar-refractivity contribution in [1.82, 2.24) is 15.6 Å². The standard InChI is InChI=1S/C18H26N4O3S.HI/c1-6-19-18(20-8-7-16-22-11(2)13(4)26-16)21-10-14-9-15(12(3)25-14)17(23)24-5;/h9H,6-8,10H2,1-5H3,(H2,19,20,21);1H. The number of hydrogen-bond acceptors (Lipinski definition) is 6. The van der Waals surface area contributed by atoms with E-state index in [0.29, 0.717) is 29.6 Å². The maximum absolute atomic E-state index is 11.6. The molecule has 0 aliphatic heterocycles. The molecule has 7 nitrogen and oxygen atoms in total. The molecule has 0 bridgehead atoms. The predicted octanol–water partition coefficient (Wildman–Crippen LogP) is 3.36. The predicted molar refractivity (Wildman–Crippen MR) is 118 cm³/mol. The van der Waals surface area contributed by atoms with Gasteiger partial charge in [0.2, 0.25) is 0 Å². The fourth-order valence-electron chi connectivity index (χ4n) is 2.37. The maximum Gasteiger partial charge on any atom is 0.341 e. The first-order valence-electron chi connectivity index (χ1n) is 8.57. The number of carbonyl (C=O) groups is 1. The fourth-order valence-corrected chi connectivity index (χ4v) is 3.30. The summed E-state index contributed by atoms with van der Waals surface area (Å²) in [4.78, 5) is 22.0. The quantitative estimate of drug-likeness (QED) is 0.259. The summed E-state index contributed by atoms with van der Waals surface area (Å²) >= 11 is 1.73. The second kappa shape index (κ2) is 11.3. The molecule has 2 aromatic heterocycles. The lowest BCUT2D eigenvalue weighted by Crippen LogP contribution is -2.38. The molecule has 0 saturated heterocycles. The number of thiazole rings is 1. The van der Waals surface area contributed by atoms with Crippen LogP contribution in [0, 0.1) is 20.8 Å². The van der Waals surface area contributed by atoms with E-state index in [9.17, 15) is 4.79 Å². The number of aliphatic imine (C=N–C) groups is 1. The van der Waals surface area contributed by atoms with Crippen LogP contribution in [-0.4, -0.2) is 37.1 Å². The van der Waals surface area contributed by atoms with Crippen LogP contribution in [0.1, 0.15) is 44.4 Å². The highest BCUT2D eigenvalue weighted by atomic mass is 127. The highest BCUT2D eigenvalue weighted by Crippen LogP contribution is 2.17. The van der Waals surface area contributed by atoms with Crippen LogP contribution in [0.15, 0.2) is 15.5 Å². The van der Waals surface area contributed by atoms with E-state index < -0.39 is 5.97 Å². The molecule has 150 valence electrons. The zero-order valence-electron chi connectivity index (χ0n) is 16.3. The van der Waals surface area contributed by atoms with Crippen molar-refractivity contribution >= 4 is 47.2 Å². The fraction of sp³-hybridized carbons (Fsp3) is 0.500. The van der Waals surface area contributed by atoms with Gasteiger partial charge in [0.1, 0.15) is 23.6 Å². The molecule has 2 N–H and O–H groups in total. The second-order valence-electron chi connectivity index (χ2n) is 5.80. The summed E-state index contributed by atoms with van der Waals surface area (Å²) in [5.74, 6) is 1.45. The summed E-state index contributed by atoms with van der Waals surface area (Å²) in [7, 11) is 1.35. The van der Waals surface area contributed by atoms with Crippen LogP contribution in [0.4, 0.5) is 0 Å². The monoisotopic (exact) mass is 506 g/mol. The smallest absolute Gasteiger partial charge is 0.341 e.